The van der Waals surface area contributed by atoms with Crippen molar-refractivity contribution < 1.29 is 9.47 Å². The second-order valence-electron chi connectivity index (χ2n) is 4.89. The van der Waals surface area contributed by atoms with Crippen LogP contribution in [0.25, 0.3) is 10.9 Å². The highest BCUT2D eigenvalue weighted by atomic mass is 16.5. The summed E-state index contributed by atoms with van der Waals surface area (Å²) >= 11 is 0. The van der Waals surface area contributed by atoms with E-state index in [1.54, 1.807) is 14.2 Å². The molecule has 0 aliphatic heterocycles. The molecule has 3 rings (SSSR count). The summed E-state index contributed by atoms with van der Waals surface area (Å²) < 4.78 is 10.6. The van der Waals surface area contributed by atoms with Crippen LogP contribution < -0.4 is 20.1 Å². The molecule has 1 aromatic heterocycles. The van der Waals surface area contributed by atoms with E-state index >= 15 is 0 Å². The van der Waals surface area contributed by atoms with E-state index in [2.05, 4.69) is 20.6 Å². The van der Waals surface area contributed by atoms with Gasteiger partial charge < -0.3 is 20.1 Å². The standard InChI is InChI=1S/C17H18N4O2/c1-18-16-14-6-4-5-7-15(14)20-17(21-16)19-11-8-12(22-2)10-13(9-11)23-3/h4-10H,1-3H3,(H2,18,19,20,21). The molecule has 0 spiro atoms. The summed E-state index contributed by atoms with van der Waals surface area (Å²) in [4.78, 5) is 9.06. The maximum absolute atomic E-state index is 5.28. The number of nitrogens with one attached hydrogen (secondary N) is 2. The second-order valence-corrected chi connectivity index (χ2v) is 4.89. The molecular weight excluding hydrogens is 292 g/mol. The zero-order valence-corrected chi connectivity index (χ0v) is 13.3. The Morgan fingerprint density at radius 2 is 1.61 bits per heavy atom. The fraction of sp³-hybridized carbons (Fsp3) is 0.176. The highest BCUT2D eigenvalue weighted by Gasteiger charge is 2.08. The van der Waals surface area contributed by atoms with Gasteiger partial charge in [-0.1, -0.05) is 12.1 Å². The van der Waals surface area contributed by atoms with Gasteiger partial charge in [-0.25, -0.2) is 4.98 Å². The van der Waals surface area contributed by atoms with Gasteiger partial charge in [-0.2, -0.15) is 4.98 Å². The lowest BCUT2D eigenvalue weighted by Crippen LogP contribution is -2.02. The molecule has 0 saturated heterocycles. The molecule has 0 saturated carbocycles. The third kappa shape index (κ3) is 3.11. The molecule has 6 heteroatoms. The van der Waals surface area contributed by atoms with Gasteiger partial charge in [0.15, 0.2) is 0 Å². The minimum Gasteiger partial charge on any atom is -0.497 e. The summed E-state index contributed by atoms with van der Waals surface area (Å²) in [5, 5.41) is 7.27. The molecule has 0 amide bonds. The highest BCUT2D eigenvalue weighted by Crippen LogP contribution is 2.28. The van der Waals surface area contributed by atoms with Gasteiger partial charge in [-0.15, -0.1) is 0 Å². The first kappa shape index (κ1) is 14.9. The molecule has 1 heterocycles. The first-order valence-electron chi connectivity index (χ1n) is 7.18. The van der Waals surface area contributed by atoms with Gasteiger partial charge in [0, 0.05) is 36.3 Å². The number of aromatic nitrogens is 2. The van der Waals surface area contributed by atoms with E-state index in [1.807, 2.05) is 49.5 Å². The van der Waals surface area contributed by atoms with E-state index < -0.39 is 0 Å². The molecule has 0 aliphatic rings. The van der Waals surface area contributed by atoms with Crippen molar-refractivity contribution in [3.8, 4) is 11.5 Å². The number of hydrogen-bond donors (Lipinski definition) is 2. The first-order valence-corrected chi connectivity index (χ1v) is 7.18. The molecule has 2 aromatic carbocycles. The van der Waals surface area contributed by atoms with Crippen molar-refractivity contribution in [3.05, 3.63) is 42.5 Å². The number of methoxy groups -OCH3 is 2. The van der Waals surface area contributed by atoms with Crippen molar-refractivity contribution >= 4 is 28.4 Å². The molecule has 0 atom stereocenters. The van der Waals surface area contributed by atoms with Gasteiger partial charge >= 0.3 is 0 Å². The highest BCUT2D eigenvalue weighted by molar-refractivity contribution is 5.90. The molecule has 118 valence electrons. The largest absolute Gasteiger partial charge is 0.497 e. The number of hydrogen-bond acceptors (Lipinski definition) is 6. The van der Waals surface area contributed by atoms with E-state index in [0.717, 1.165) is 22.4 Å². The number of fused-ring (bicyclic) bond motifs is 1. The van der Waals surface area contributed by atoms with E-state index in [4.69, 9.17) is 9.47 Å². The Hall–Kier alpha value is -3.02. The van der Waals surface area contributed by atoms with Gasteiger partial charge in [0.25, 0.3) is 0 Å². The fourth-order valence-electron chi connectivity index (χ4n) is 2.33. The maximum atomic E-state index is 5.28. The molecule has 23 heavy (non-hydrogen) atoms. The number of anilines is 3. The van der Waals surface area contributed by atoms with Crippen LogP contribution in [0.2, 0.25) is 0 Å². The van der Waals surface area contributed by atoms with Gasteiger partial charge in [0.05, 0.1) is 19.7 Å². The van der Waals surface area contributed by atoms with Crippen molar-refractivity contribution in [2.24, 2.45) is 0 Å². The normalized spacial score (nSPS) is 10.4. The van der Waals surface area contributed by atoms with Crippen LogP contribution in [0, 0.1) is 0 Å². The lowest BCUT2D eigenvalue weighted by molar-refractivity contribution is 0.395. The Morgan fingerprint density at radius 3 is 2.26 bits per heavy atom. The van der Waals surface area contributed by atoms with Crippen LogP contribution in [0.5, 0.6) is 11.5 Å². The Labute approximate surface area is 134 Å². The predicted molar refractivity (Wildman–Crippen MR) is 91.9 cm³/mol. The average molecular weight is 310 g/mol. The van der Waals surface area contributed by atoms with Gasteiger partial charge in [0.2, 0.25) is 5.95 Å². The van der Waals surface area contributed by atoms with Crippen molar-refractivity contribution in [1.29, 1.82) is 0 Å². The number of benzene rings is 2. The molecule has 3 aromatic rings. The smallest absolute Gasteiger partial charge is 0.229 e. The van der Waals surface area contributed by atoms with E-state index in [-0.39, 0.29) is 0 Å². The molecule has 0 fully saturated rings. The second kappa shape index (κ2) is 6.39. The zero-order valence-electron chi connectivity index (χ0n) is 13.3. The molecule has 0 bridgehead atoms. The van der Waals surface area contributed by atoms with E-state index in [1.165, 1.54) is 0 Å². The van der Waals surface area contributed by atoms with Crippen LogP contribution in [0.1, 0.15) is 0 Å². The Kier molecular flexibility index (Phi) is 4.14. The molecule has 0 radical (unpaired) electrons. The summed E-state index contributed by atoms with van der Waals surface area (Å²) in [5.41, 5.74) is 1.66. The SMILES string of the molecule is CNc1nc(Nc2cc(OC)cc(OC)c2)nc2ccccc12. The quantitative estimate of drug-likeness (QED) is 0.752. The van der Waals surface area contributed by atoms with Crippen LogP contribution in [0.4, 0.5) is 17.5 Å². The molecule has 6 nitrogen and oxygen atoms in total. The summed E-state index contributed by atoms with van der Waals surface area (Å²) in [6, 6.07) is 13.4. The third-order valence-corrected chi connectivity index (χ3v) is 3.45. The molecular formula is C17H18N4O2. The van der Waals surface area contributed by atoms with Crippen molar-refractivity contribution in [3.63, 3.8) is 0 Å². The van der Waals surface area contributed by atoms with E-state index in [9.17, 15) is 0 Å². The molecule has 2 N–H and O–H groups in total. The Morgan fingerprint density at radius 1 is 0.913 bits per heavy atom. The van der Waals surface area contributed by atoms with Gasteiger partial charge in [0.1, 0.15) is 17.3 Å². The summed E-state index contributed by atoms with van der Waals surface area (Å²) in [7, 11) is 5.07. The fourth-order valence-corrected chi connectivity index (χ4v) is 2.33. The average Bonchev–Trinajstić information content (AvgIpc) is 2.60. The lowest BCUT2D eigenvalue weighted by atomic mass is 10.2. The van der Waals surface area contributed by atoms with Gasteiger partial charge in [-0.3, -0.25) is 0 Å². The summed E-state index contributed by atoms with van der Waals surface area (Å²) in [6.07, 6.45) is 0. The van der Waals surface area contributed by atoms with E-state index in [0.29, 0.717) is 17.4 Å². The van der Waals surface area contributed by atoms with Crippen molar-refractivity contribution in [2.75, 3.05) is 31.9 Å². The number of nitrogens with zero attached hydrogens (tertiary/aromatic N) is 2. The van der Waals surface area contributed by atoms with Crippen LogP contribution >= 0.6 is 0 Å². The van der Waals surface area contributed by atoms with Crippen LogP contribution in [-0.4, -0.2) is 31.2 Å². The van der Waals surface area contributed by atoms with Crippen molar-refractivity contribution in [1.82, 2.24) is 9.97 Å². The monoisotopic (exact) mass is 310 g/mol. The number of rotatable bonds is 5. The molecule has 0 aliphatic carbocycles. The number of para-hydroxylation sites is 1. The molecule has 0 unspecified atom stereocenters. The maximum Gasteiger partial charge on any atom is 0.229 e. The minimum atomic E-state index is 0.503. The van der Waals surface area contributed by atoms with Crippen LogP contribution in [0.15, 0.2) is 42.5 Å². The minimum absolute atomic E-state index is 0.503. The van der Waals surface area contributed by atoms with Crippen LogP contribution in [0.3, 0.4) is 0 Å². The first-order chi connectivity index (χ1) is 11.2. The Bertz CT molecular complexity index is 814. The zero-order chi connectivity index (χ0) is 16.2. The van der Waals surface area contributed by atoms with Crippen LogP contribution in [-0.2, 0) is 0 Å². The number of ether oxygens (including phenoxy) is 2. The summed E-state index contributed by atoms with van der Waals surface area (Å²) in [5.74, 6) is 2.67. The topological polar surface area (TPSA) is 68.3 Å². The Balaban J connectivity index is 2.01. The summed E-state index contributed by atoms with van der Waals surface area (Å²) in [6.45, 7) is 0. The lowest BCUT2D eigenvalue weighted by Gasteiger charge is -2.12. The van der Waals surface area contributed by atoms with Gasteiger partial charge in [-0.05, 0) is 12.1 Å². The van der Waals surface area contributed by atoms with Crippen molar-refractivity contribution in [2.45, 2.75) is 0 Å². The predicted octanol–water partition coefficient (Wildman–Crippen LogP) is 3.43. The third-order valence-electron chi connectivity index (χ3n) is 3.45.